The quantitative estimate of drug-likeness (QED) is 0.598. The topological polar surface area (TPSA) is 47.6 Å². The number of unbranched alkanes of at least 4 members (excludes halogenated alkanes) is 1. The molecule has 4 nitrogen and oxygen atoms in total. The van der Waals surface area contributed by atoms with E-state index >= 15 is 0 Å². The predicted molar refractivity (Wildman–Crippen MR) is 55.2 cm³/mol. The van der Waals surface area contributed by atoms with Crippen LogP contribution in [0.15, 0.2) is 0 Å². The molecule has 0 spiro atoms. The molecule has 0 aliphatic heterocycles. The van der Waals surface area contributed by atoms with E-state index in [0.29, 0.717) is 6.54 Å². The minimum absolute atomic E-state index is 0.0453. The lowest BCUT2D eigenvalue weighted by atomic mass is 10.3. The van der Waals surface area contributed by atoms with Crippen LogP contribution in [0.3, 0.4) is 0 Å². The molecule has 0 aliphatic carbocycles. The van der Waals surface area contributed by atoms with Gasteiger partial charge in [0.1, 0.15) is 6.61 Å². The van der Waals surface area contributed by atoms with Crippen LogP contribution in [0.4, 0.5) is 0 Å². The molecule has 0 saturated carbocycles. The normalized spacial score (nSPS) is 10.6. The van der Waals surface area contributed by atoms with Gasteiger partial charge in [-0.05, 0) is 26.7 Å². The summed E-state index contributed by atoms with van der Waals surface area (Å²) in [6, 6.07) is 0. The zero-order chi connectivity index (χ0) is 10.8. The number of rotatable bonds is 8. The van der Waals surface area contributed by atoms with Gasteiger partial charge in [0.25, 0.3) is 0 Å². The molecule has 4 heteroatoms. The standard InChI is InChI=1S/C10H21NO3/c1-9(2)14-8-10(12)11-6-4-5-7-13-3/h9H,4-8H2,1-3H3,(H,11,12). The Balaban J connectivity index is 3.18. The molecule has 0 radical (unpaired) electrons. The van der Waals surface area contributed by atoms with Gasteiger partial charge in [0.05, 0.1) is 6.10 Å². The lowest BCUT2D eigenvalue weighted by Crippen LogP contribution is -2.29. The van der Waals surface area contributed by atoms with Crippen molar-refractivity contribution in [2.45, 2.75) is 32.8 Å². The third kappa shape index (κ3) is 9.48. The molecule has 1 N–H and O–H groups in total. The summed E-state index contributed by atoms with van der Waals surface area (Å²) in [7, 11) is 1.68. The minimum Gasteiger partial charge on any atom is -0.385 e. The Bertz CT molecular complexity index is 148. The Morgan fingerprint density at radius 2 is 2.07 bits per heavy atom. The van der Waals surface area contributed by atoms with Gasteiger partial charge >= 0.3 is 0 Å². The summed E-state index contributed by atoms with van der Waals surface area (Å²) in [5, 5.41) is 2.78. The first kappa shape index (κ1) is 13.4. The van der Waals surface area contributed by atoms with Crippen LogP contribution in [-0.4, -0.2) is 38.9 Å². The Morgan fingerprint density at radius 1 is 1.36 bits per heavy atom. The van der Waals surface area contributed by atoms with Crippen LogP contribution in [0.5, 0.6) is 0 Å². The van der Waals surface area contributed by atoms with E-state index in [1.165, 1.54) is 0 Å². The van der Waals surface area contributed by atoms with Gasteiger partial charge in [-0.2, -0.15) is 0 Å². The third-order valence-electron chi connectivity index (χ3n) is 1.65. The van der Waals surface area contributed by atoms with Crippen molar-refractivity contribution in [3.05, 3.63) is 0 Å². The number of hydrogen-bond acceptors (Lipinski definition) is 3. The highest BCUT2D eigenvalue weighted by Gasteiger charge is 2.01. The fraction of sp³-hybridized carbons (Fsp3) is 0.900. The maximum absolute atomic E-state index is 11.1. The summed E-state index contributed by atoms with van der Waals surface area (Å²) in [6.07, 6.45) is 2.03. The monoisotopic (exact) mass is 203 g/mol. The maximum Gasteiger partial charge on any atom is 0.246 e. The van der Waals surface area contributed by atoms with E-state index in [1.807, 2.05) is 13.8 Å². The molecule has 0 aliphatic rings. The Labute approximate surface area is 86.0 Å². The fourth-order valence-corrected chi connectivity index (χ4v) is 0.893. The van der Waals surface area contributed by atoms with Crippen molar-refractivity contribution in [1.82, 2.24) is 5.32 Å². The zero-order valence-corrected chi connectivity index (χ0v) is 9.34. The van der Waals surface area contributed by atoms with Gasteiger partial charge in [0.15, 0.2) is 0 Å². The van der Waals surface area contributed by atoms with Gasteiger partial charge < -0.3 is 14.8 Å². The molecule has 0 rings (SSSR count). The van der Waals surface area contributed by atoms with Crippen LogP contribution in [0.25, 0.3) is 0 Å². The first-order valence-electron chi connectivity index (χ1n) is 5.04. The van der Waals surface area contributed by atoms with E-state index in [2.05, 4.69) is 5.32 Å². The number of hydrogen-bond donors (Lipinski definition) is 1. The number of ether oxygens (including phenoxy) is 2. The Kier molecular flexibility index (Phi) is 8.57. The summed E-state index contributed by atoms with van der Waals surface area (Å²) >= 11 is 0. The molecule has 0 aromatic rings. The largest absolute Gasteiger partial charge is 0.385 e. The van der Waals surface area contributed by atoms with Crippen molar-refractivity contribution >= 4 is 5.91 Å². The minimum atomic E-state index is -0.0453. The van der Waals surface area contributed by atoms with Gasteiger partial charge in [0.2, 0.25) is 5.91 Å². The van der Waals surface area contributed by atoms with Crippen LogP contribution >= 0.6 is 0 Å². The summed E-state index contributed by atoms with van der Waals surface area (Å²) in [5.41, 5.74) is 0. The molecular formula is C10H21NO3. The molecule has 0 bridgehead atoms. The van der Waals surface area contributed by atoms with Crippen molar-refractivity contribution in [3.63, 3.8) is 0 Å². The molecule has 0 aromatic heterocycles. The lowest BCUT2D eigenvalue weighted by Gasteiger charge is -2.08. The summed E-state index contributed by atoms with van der Waals surface area (Å²) in [4.78, 5) is 11.1. The summed E-state index contributed by atoms with van der Waals surface area (Å²) in [5.74, 6) is -0.0453. The van der Waals surface area contributed by atoms with Gasteiger partial charge in [0, 0.05) is 20.3 Å². The number of methoxy groups -OCH3 is 1. The third-order valence-corrected chi connectivity index (χ3v) is 1.65. The van der Waals surface area contributed by atoms with Crippen molar-refractivity contribution in [2.24, 2.45) is 0 Å². The summed E-state index contributed by atoms with van der Waals surface area (Å²) in [6.45, 7) is 5.42. The maximum atomic E-state index is 11.1. The van der Waals surface area contributed by atoms with Crippen LogP contribution in [0, 0.1) is 0 Å². The molecule has 0 unspecified atom stereocenters. The van der Waals surface area contributed by atoms with Crippen molar-refractivity contribution in [3.8, 4) is 0 Å². The highest BCUT2D eigenvalue weighted by molar-refractivity contribution is 5.77. The van der Waals surface area contributed by atoms with Gasteiger partial charge in [-0.25, -0.2) is 0 Å². The van der Waals surface area contributed by atoms with Crippen molar-refractivity contribution in [2.75, 3.05) is 26.9 Å². The molecule has 14 heavy (non-hydrogen) atoms. The lowest BCUT2D eigenvalue weighted by molar-refractivity contribution is -0.127. The Morgan fingerprint density at radius 3 is 2.64 bits per heavy atom. The molecule has 84 valence electrons. The average Bonchev–Trinajstić information content (AvgIpc) is 2.14. The van der Waals surface area contributed by atoms with Crippen LogP contribution in [0.1, 0.15) is 26.7 Å². The zero-order valence-electron chi connectivity index (χ0n) is 9.34. The molecule has 0 saturated heterocycles. The van der Waals surface area contributed by atoms with Gasteiger partial charge in [-0.1, -0.05) is 0 Å². The molecule has 0 aromatic carbocycles. The molecule has 1 amide bonds. The predicted octanol–water partition coefficient (Wildman–Crippen LogP) is 0.954. The van der Waals surface area contributed by atoms with Crippen LogP contribution in [0.2, 0.25) is 0 Å². The van der Waals surface area contributed by atoms with E-state index in [-0.39, 0.29) is 18.6 Å². The van der Waals surface area contributed by atoms with Gasteiger partial charge in [-0.15, -0.1) is 0 Å². The second-order valence-electron chi connectivity index (χ2n) is 3.41. The highest BCUT2D eigenvalue weighted by atomic mass is 16.5. The fourth-order valence-electron chi connectivity index (χ4n) is 0.893. The van der Waals surface area contributed by atoms with E-state index < -0.39 is 0 Å². The summed E-state index contributed by atoms with van der Waals surface area (Å²) < 4.78 is 10.0. The smallest absolute Gasteiger partial charge is 0.246 e. The molecule has 0 atom stereocenters. The Hall–Kier alpha value is -0.610. The van der Waals surface area contributed by atoms with Crippen LogP contribution in [-0.2, 0) is 14.3 Å². The van der Waals surface area contributed by atoms with E-state index in [4.69, 9.17) is 9.47 Å². The molecule has 0 heterocycles. The van der Waals surface area contributed by atoms with Gasteiger partial charge in [-0.3, -0.25) is 4.79 Å². The number of carbonyl (C=O) groups is 1. The second kappa shape index (κ2) is 8.97. The molecule has 0 fully saturated rings. The van der Waals surface area contributed by atoms with E-state index in [0.717, 1.165) is 19.4 Å². The molecular weight excluding hydrogens is 182 g/mol. The van der Waals surface area contributed by atoms with E-state index in [9.17, 15) is 4.79 Å². The van der Waals surface area contributed by atoms with Crippen molar-refractivity contribution in [1.29, 1.82) is 0 Å². The van der Waals surface area contributed by atoms with E-state index in [1.54, 1.807) is 7.11 Å². The highest BCUT2D eigenvalue weighted by Crippen LogP contribution is 1.88. The van der Waals surface area contributed by atoms with Crippen LogP contribution < -0.4 is 5.32 Å². The SMILES string of the molecule is COCCCCNC(=O)COC(C)C. The number of carbonyl (C=O) groups excluding carboxylic acids is 1. The average molecular weight is 203 g/mol. The number of nitrogens with one attached hydrogen (secondary N) is 1. The first-order chi connectivity index (χ1) is 6.66. The first-order valence-corrected chi connectivity index (χ1v) is 5.04. The second-order valence-corrected chi connectivity index (χ2v) is 3.41. The number of amides is 1. The van der Waals surface area contributed by atoms with Crippen molar-refractivity contribution < 1.29 is 14.3 Å².